The Kier molecular flexibility index (Phi) is 6.86. The van der Waals surface area contributed by atoms with Crippen LogP contribution in [0.25, 0.3) is 16.6 Å². The van der Waals surface area contributed by atoms with Crippen molar-refractivity contribution in [3.8, 4) is 11.4 Å². The lowest BCUT2D eigenvalue weighted by molar-refractivity contribution is 0.0933. The number of aromatic nitrogens is 5. The lowest BCUT2D eigenvalue weighted by Gasteiger charge is -2.20. The van der Waals surface area contributed by atoms with E-state index in [1.54, 1.807) is 24.0 Å². The molecule has 3 heterocycles. The molecule has 0 bridgehead atoms. The average Bonchev–Trinajstić information content (AvgIpc) is 3.50. The molecule has 194 valence electrons. The third kappa shape index (κ3) is 5.10. The Bertz CT molecular complexity index is 1660. The number of rotatable bonds is 7. The molecule has 3 aromatic heterocycles. The molecule has 10 heteroatoms. The molecule has 2 aromatic carbocycles. The Morgan fingerprint density at radius 1 is 1.21 bits per heavy atom. The molecule has 1 amide bonds. The number of halogens is 2. The molecule has 0 fully saturated rings. The first-order chi connectivity index (χ1) is 18.2. The third-order valence-corrected chi connectivity index (χ3v) is 6.55. The van der Waals surface area contributed by atoms with E-state index in [1.807, 2.05) is 57.2 Å². The summed E-state index contributed by atoms with van der Waals surface area (Å²) in [6.45, 7) is 5.86. The summed E-state index contributed by atoms with van der Waals surface area (Å²) in [7, 11) is 1.76. The minimum atomic E-state index is -0.425. The normalized spacial score (nSPS) is 12.1. The third-order valence-electron chi connectivity index (χ3n) is 6.21. The Morgan fingerprint density at radius 2 is 2.03 bits per heavy atom. The van der Waals surface area contributed by atoms with E-state index in [2.05, 4.69) is 15.5 Å². The van der Waals surface area contributed by atoms with Gasteiger partial charge < -0.3 is 10.1 Å². The number of hydrogen-bond acceptors (Lipinski definition) is 5. The molecule has 38 heavy (non-hydrogen) atoms. The van der Waals surface area contributed by atoms with Gasteiger partial charge >= 0.3 is 0 Å². The Hall–Kier alpha value is -4.24. The fourth-order valence-corrected chi connectivity index (χ4v) is 4.77. The Labute approximate surface area is 224 Å². The minimum absolute atomic E-state index is 0.151. The van der Waals surface area contributed by atoms with Gasteiger partial charge in [-0.2, -0.15) is 10.2 Å². The van der Waals surface area contributed by atoms with E-state index in [0.717, 1.165) is 34.0 Å². The quantitative estimate of drug-likeness (QED) is 0.293. The summed E-state index contributed by atoms with van der Waals surface area (Å²) >= 11 is 6.68. The van der Waals surface area contributed by atoms with E-state index in [4.69, 9.17) is 21.3 Å². The highest BCUT2D eigenvalue weighted by atomic mass is 35.5. The number of ether oxygens (including phenoxy) is 1. The highest BCUT2D eigenvalue weighted by molar-refractivity contribution is 6.31. The molecule has 0 aliphatic heterocycles. The average molecular weight is 533 g/mol. The van der Waals surface area contributed by atoms with Crippen molar-refractivity contribution in [2.75, 3.05) is 0 Å². The number of aryl methyl sites for hydroxylation is 3. The van der Waals surface area contributed by atoms with E-state index in [9.17, 15) is 9.18 Å². The highest BCUT2D eigenvalue weighted by Gasteiger charge is 2.20. The zero-order valence-corrected chi connectivity index (χ0v) is 22.1. The predicted octanol–water partition coefficient (Wildman–Crippen LogP) is 5.63. The van der Waals surface area contributed by atoms with Crippen LogP contribution in [0.5, 0.6) is 5.75 Å². The second-order valence-corrected chi connectivity index (χ2v) is 9.62. The number of carbonyl (C=O) groups excluding carboxylic acids is 1. The number of benzene rings is 2. The number of hydrogen-bond donors (Lipinski definition) is 1. The predicted molar refractivity (Wildman–Crippen MR) is 143 cm³/mol. The van der Waals surface area contributed by atoms with Gasteiger partial charge in [0.2, 0.25) is 0 Å². The van der Waals surface area contributed by atoms with E-state index in [-0.39, 0.29) is 18.6 Å². The van der Waals surface area contributed by atoms with Gasteiger partial charge in [0.15, 0.2) is 5.82 Å². The molecule has 0 radical (unpaired) electrons. The van der Waals surface area contributed by atoms with Crippen LogP contribution in [0, 0.1) is 19.7 Å². The fraction of sp³-hybridized carbons (Fsp3) is 0.214. The standard InChI is InChI=1S/C28H26ClFN6O2/c1-16-10-21(18(3)33-28(37)24-8-9-35(4)34-24)22(23(29)11-16)15-38-26-7-5-6-20-25(12-17(2)32-27(20)26)36-14-19(30)13-31-36/h5-14,18H,15H2,1-4H3,(H,33,37)/t18-/m0/s1. The summed E-state index contributed by atoms with van der Waals surface area (Å²) in [5.41, 5.74) is 4.95. The van der Waals surface area contributed by atoms with Crippen molar-refractivity contribution in [3.63, 3.8) is 0 Å². The van der Waals surface area contributed by atoms with Crippen LogP contribution in [-0.2, 0) is 13.7 Å². The minimum Gasteiger partial charge on any atom is -0.487 e. The molecular formula is C28H26ClFN6O2. The van der Waals surface area contributed by atoms with Crippen molar-refractivity contribution >= 4 is 28.4 Å². The molecule has 0 aliphatic carbocycles. The number of para-hydroxylation sites is 1. The zero-order valence-electron chi connectivity index (χ0n) is 21.4. The summed E-state index contributed by atoms with van der Waals surface area (Å²) in [5.74, 6) is -0.155. The first-order valence-electron chi connectivity index (χ1n) is 12.0. The van der Waals surface area contributed by atoms with E-state index >= 15 is 0 Å². The smallest absolute Gasteiger partial charge is 0.272 e. The number of amides is 1. The van der Waals surface area contributed by atoms with Gasteiger partial charge in [0, 0.05) is 34.9 Å². The van der Waals surface area contributed by atoms with E-state index in [0.29, 0.717) is 27.7 Å². The van der Waals surface area contributed by atoms with Crippen molar-refractivity contribution in [1.29, 1.82) is 0 Å². The first-order valence-corrected chi connectivity index (χ1v) is 12.4. The summed E-state index contributed by atoms with van der Waals surface area (Å²) < 4.78 is 23.0. The molecule has 1 N–H and O–H groups in total. The monoisotopic (exact) mass is 532 g/mol. The molecule has 0 saturated heterocycles. The van der Waals surface area contributed by atoms with Crippen LogP contribution in [0.2, 0.25) is 5.02 Å². The maximum atomic E-state index is 13.7. The second-order valence-electron chi connectivity index (χ2n) is 9.21. The van der Waals surface area contributed by atoms with Crippen molar-refractivity contribution in [1.82, 2.24) is 29.9 Å². The van der Waals surface area contributed by atoms with Crippen LogP contribution in [-0.4, -0.2) is 30.5 Å². The van der Waals surface area contributed by atoms with Crippen molar-refractivity contribution < 1.29 is 13.9 Å². The van der Waals surface area contributed by atoms with Gasteiger partial charge in [-0.1, -0.05) is 29.8 Å². The summed E-state index contributed by atoms with van der Waals surface area (Å²) in [6.07, 6.45) is 4.20. The van der Waals surface area contributed by atoms with Gasteiger partial charge in [0.05, 0.1) is 24.1 Å². The lowest BCUT2D eigenvalue weighted by atomic mass is 9.99. The van der Waals surface area contributed by atoms with Gasteiger partial charge in [0.25, 0.3) is 5.91 Å². The SMILES string of the molecule is Cc1cc(Cl)c(COc2cccc3c(-n4cc(F)cn4)cc(C)nc23)c([C@H](C)NC(=O)c2ccn(C)n2)c1. The van der Waals surface area contributed by atoms with Gasteiger partial charge in [-0.25, -0.2) is 14.1 Å². The Balaban J connectivity index is 1.46. The highest BCUT2D eigenvalue weighted by Crippen LogP contribution is 2.32. The molecule has 1 atom stereocenters. The van der Waals surface area contributed by atoms with Gasteiger partial charge in [-0.05, 0) is 56.2 Å². The van der Waals surface area contributed by atoms with Gasteiger partial charge in [-0.15, -0.1) is 0 Å². The number of carbonyl (C=O) groups is 1. The van der Waals surface area contributed by atoms with Crippen LogP contribution < -0.4 is 10.1 Å². The van der Waals surface area contributed by atoms with Crippen LogP contribution >= 0.6 is 11.6 Å². The number of fused-ring (bicyclic) bond motifs is 1. The molecule has 0 saturated carbocycles. The number of nitrogens with one attached hydrogen (secondary N) is 1. The largest absolute Gasteiger partial charge is 0.487 e. The molecule has 5 rings (SSSR count). The van der Waals surface area contributed by atoms with Crippen LogP contribution in [0.3, 0.4) is 0 Å². The van der Waals surface area contributed by atoms with Gasteiger partial charge in [-0.3, -0.25) is 9.48 Å². The van der Waals surface area contributed by atoms with Crippen molar-refractivity contribution in [3.05, 3.63) is 100.0 Å². The molecule has 8 nitrogen and oxygen atoms in total. The number of pyridine rings is 1. The van der Waals surface area contributed by atoms with Crippen molar-refractivity contribution in [2.45, 2.75) is 33.4 Å². The molecule has 0 unspecified atom stereocenters. The van der Waals surface area contributed by atoms with Crippen LogP contribution in [0.1, 0.15) is 45.8 Å². The maximum absolute atomic E-state index is 13.7. The molecular weight excluding hydrogens is 507 g/mol. The van der Waals surface area contributed by atoms with Crippen LogP contribution in [0.15, 0.2) is 61.1 Å². The molecule has 0 spiro atoms. The lowest BCUT2D eigenvalue weighted by Crippen LogP contribution is -2.28. The van der Waals surface area contributed by atoms with Gasteiger partial charge in [0.1, 0.15) is 23.6 Å². The summed E-state index contributed by atoms with van der Waals surface area (Å²) in [4.78, 5) is 17.4. The second kappa shape index (κ2) is 10.3. The fourth-order valence-electron chi connectivity index (χ4n) is 4.44. The number of nitrogens with zero attached hydrogens (tertiary/aromatic N) is 5. The molecule has 5 aromatic rings. The van der Waals surface area contributed by atoms with E-state index in [1.165, 1.54) is 10.9 Å². The first kappa shape index (κ1) is 25.4. The van der Waals surface area contributed by atoms with Crippen molar-refractivity contribution in [2.24, 2.45) is 7.05 Å². The Morgan fingerprint density at radius 3 is 2.74 bits per heavy atom. The van der Waals surface area contributed by atoms with E-state index < -0.39 is 5.82 Å². The zero-order chi connectivity index (χ0) is 27.0. The topological polar surface area (TPSA) is 86.9 Å². The summed E-state index contributed by atoms with van der Waals surface area (Å²) in [6, 6.07) is 12.6. The maximum Gasteiger partial charge on any atom is 0.272 e. The summed E-state index contributed by atoms with van der Waals surface area (Å²) in [5, 5.41) is 12.6. The molecule has 0 aliphatic rings. The van der Waals surface area contributed by atoms with Crippen LogP contribution in [0.4, 0.5) is 4.39 Å².